The second-order valence-corrected chi connectivity index (χ2v) is 5.31. The van der Waals surface area contributed by atoms with Crippen molar-refractivity contribution in [3.8, 4) is 0 Å². The van der Waals surface area contributed by atoms with Gasteiger partial charge in [-0.05, 0) is 24.3 Å². The molecule has 98 valence electrons. The summed E-state index contributed by atoms with van der Waals surface area (Å²) in [6.07, 6.45) is 6.61. The van der Waals surface area contributed by atoms with Gasteiger partial charge in [-0.1, -0.05) is 26.7 Å². The van der Waals surface area contributed by atoms with Crippen molar-refractivity contribution in [3.63, 3.8) is 0 Å². The molecule has 0 aromatic carbocycles. The molecule has 1 aromatic rings. The quantitative estimate of drug-likeness (QED) is 0.842. The number of nitrogens with zero attached hydrogens (tertiary/aromatic N) is 1. The lowest BCUT2D eigenvalue weighted by atomic mass is 9.78. The highest BCUT2D eigenvalue weighted by Gasteiger charge is 2.28. The minimum absolute atomic E-state index is 0.0825. The molecule has 0 bridgehead atoms. The van der Waals surface area contributed by atoms with Crippen molar-refractivity contribution in [2.24, 2.45) is 11.8 Å². The Hall–Kier alpha value is -1.58. The molecule has 0 spiro atoms. The molecule has 3 unspecified atom stereocenters. The van der Waals surface area contributed by atoms with Gasteiger partial charge in [-0.25, -0.2) is 0 Å². The number of aromatic nitrogens is 1. The third-order valence-corrected chi connectivity index (χ3v) is 4.12. The maximum absolute atomic E-state index is 12.2. The first-order valence-electron chi connectivity index (χ1n) is 6.60. The minimum atomic E-state index is -0.0825. The number of nitrogens with one attached hydrogen (secondary N) is 1. The number of carbonyl (C=O) groups is 1. The van der Waals surface area contributed by atoms with Gasteiger partial charge in [-0.2, -0.15) is 0 Å². The average molecular weight is 247 g/mol. The van der Waals surface area contributed by atoms with Crippen molar-refractivity contribution < 1.29 is 4.79 Å². The molecule has 1 amide bonds. The zero-order chi connectivity index (χ0) is 13.1. The van der Waals surface area contributed by atoms with E-state index in [2.05, 4.69) is 24.1 Å². The van der Waals surface area contributed by atoms with Gasteiger partial charge in [-0.3, -0.25) is 9.78 Å². The highest BCUT2D eigenvalue weighted by molar-refractivity contribution is 5.99. The van der Waals surface area contributed by atoms with E-state index < -0.39 is 0 Å². The largest absolute Gasteiger partial charge is 0.397 e. The van der Waals surface area contributed by atoms with Crippen LogP contribution in [0.15, 0.2) is 18.5 Å². The fourth-order valence-electron chi connectivity index (χ4n) is 2.65. The molecular weight excluding hydrogens is 226 g/mol. The predicted octanol–water partition coefficient (Wildman–Crippen LogP) is 2.22. The van der Waals surface area contributed by atoms with Gasteiger partial charge in [0.25, 0.3) is 5.91 Å². The van der Waals surface area contributed by atoms with Crippen LogP contribution in [-0.2, 0) is 0 Å². The number of nitrogen functional groups attached to an aromatic ring is 1. The number of hydrogen-bond acceptors (Lipinski definition) is 3. The van der Waals surface area contributed by atoms with Gasteiger partial charge in [0, 0.05) is 12.2 Å². The Morgan fingerprint density at radius 2 is 2.22 bits per heavy atom. The first kappa shape index (κ1) is 12.9. The molecular formula is C14H21N3O. The molecule has 1 aliphatic carbocycles. The van der Waals surface area contributed by atoms with E-state index in [1.807, 2.05) is 0 Å². The molecule has 4 nitrogen and oxygen atoms in total. The molecule has 0 saturated heterocycles. The molecule has 2 rings (SSSR count). The van der Waals surface area contributed by atoms with Crippen LogP contribution in [0.2, 0.25) is 0 Å². The maximum Gasteiger partial charge on any atom is 0.253 e. The Bertz CT molecular complexity index is 433. The van der Waals surface area contributed by atoms with Crippen molar-refractivity contribution in [2.75, 3.05) is 5.73 Å². The Kier molecular flexibility index (Phi) is 3.84. The second kappa shape index (κ2) is 5.38. The van der Waals surface area contributed by atoms with Crippen LogP contribution in [0.1, 0.15) is 43.5 Å². The molecule has 18 heavy (non-hydrogen) atoms. The van der Waals surface area contributed by atoms with E-state index in [9.17, 15) is 4.79 Å². The Morgan fingerprint density at radius 1 is 1.44 bits per heavy atom. The van der Waals surface area contributed by atoms with Gasteiger partial charge in [0.1, 0.15) is 0 Å². The summed E-state index contributed by atoms with van der Waals surface area (Å²) in [6, 6.07) is 1.93. The van der Waals surface area contributed by atoms with Crippen LogP contribution in [0, 0.1) is 11.8 Å². The maximum atomic E-state index is 12.2. The van der Waals surface area contributed by atoms with Crippen molar-refractivity contribution in [1.82, 2.24) is 10.3 Å². The summed E-state index contributed by atoms with van der Waals surface area (Å²) in [5, 5.41) is 3.11. The molecule has 0 aliphatic heterocycles. The highest BCUT2D eigenvalue weighted by atomic mass is 16.1. The lowest BCUT2D eigenvalue weighted by Gasteiger charge is -2.34. The lowest BCUT2D eigenvalue weighted by Crippen LogP contribution is -2.43. The number of hydrogen-bond donors (Lipinski definition) is 2. The molecule has 1 fully saturated rings. The van der Waals surface area contributed by atoms with Crippen LogP contribution in [0.25, 0.3) is 0 Å². The molecule has 3 atom stereocenters. The second-order valence-electron chi connectivity index (χ2n) is 5.31. The van der Waals surface area contributed by atoms with Crippen LogP contribution in [0.3, 0.4) is 0 Å². The number of nitrogens with two attached hydrogens (primary N) is 1. The molecule has 4 heteroatoms. The van der Waals surface area contributed by atoms with Gasteiger partial charge >= 0.3 is 0 Å². The minimum Gasteiger partial charge on any atom is -0.397 e. The summed E-state index contributed by atoms with van der Waals surface area (Å²) >= 11 is 0. The van der Waals surface area contributed by atoms with Gasteiger partial charge in [0.05, 0.1) is 17.4 Å². The van der Waals surface area contributed by atoms with Crippen molar-refractivity contribution >= 4 is 11.6 Å². The SMILES string of the molecule is CC1CCCC(NC(=O)c2ccncc2N)C1C. The van der Waals surface area contributed by atoms with Crippen molar-refractivity contribution in [2.45, 2.75) is 39.2 Å². The van der Waals surface area contributed by atoms with E-state index in [1.54, 1.807) is 12.3 Å². The summed E-state index contributed by atoms with van der Waals surface area (Å²) in [4.78, 5) is 16.1. The van der Waals surface area contributed by atoms with Gasteiger partial charge in [0.15, 0.2) is 0 Å². The standard InChI is InChI=1S/C14H21N3O/c1-9-4-3-5-13(10(9)2)17-14(18)11-6-7-16-8-12(11)15/h6-10,13H,3-5,15H2,1-2H3,(H,17,18). The third-order valence-electron chi connectivity index (χ3n) is 4.12. The van der Waals surface area contributed by atoms with Gasteiger partial charge < -0.3 is 11.1 Å². The third kappa shape index (κ3) is 2.63. The molecule has 0 radical (unpaired) electrons. The van der Waals surface area contributed by atoms with Gasteiger partial charge in [-0.15, -0.1) is 0 Å². The highest BCUT2D eigenvalue weighted by Crippen LogP contribution is 2.29. The number of rotatable bonds is 2. The van der Waals surface area contributed by atoms with E-state index in [-0.39, 0.29) is 11.9 Å². The molecule has 1 aromatic heterocycles. The fraction of sp³-hybridized carbons (Fsp3) is 0.571. The topological polar surface area (TPSA) is 68.0 Å². The van der Waals surface area contributed by atoms with Crippen molar-refractivity contribution in [3.05, 3.63) is 24.0 Å². The molecule has 3 N–H and O–H groups in total. The fourth-order valence-corrected chi connectivity index (χ4v) is 2.65. The van der Waals surface area contributed by atoms with E-state index in [4.69, 9.17) is 5.73 Å². The van der Waals surface area contributed by atoms with E-state index >= 15 is 0 Å². The number of amides is 1. The van der Waals surface area contributed by atoms with E-state index in [0.29, 0.717) is 23.1 Å². The number of anilines is 1. The first-order valence-corrected chi connectivity index (χ1v) is 6.60. The Balaban J connectivity index is 2.05. The van der Waals surface area contributed by atoms with Crippen LogP contribution in [0.5, 0.6) is 0 Å². The summed E-state index contributed by atoms with van der Waals surface area (Å²) in [5.41, 5.74) is 6.73. The van der Waals surface area contributed by atoms with E-state index in [0.717, 1.165) is 6.42 Å². The Labute approximate surface area is 108 Å². The smallest absolute Gasteiger partial charge is 0.253 e. The predicted molar refractivity (Wildman–Crippen MR) is 72.1 cm³/mol. The average Bonchev–Trinajstić information content (AvgIpc) is 2.35. The monoisotopic (exact) mass is 247 g/mol. The normalized spacial score (nSPS) is 27.8. The number of pyridine rings is 1. The Morgan fingerprint density at radius 3 is 2.94 bits per heavy atom. The van der Waals surface area contributed by atoms with Crippen LogP contribution >= 0.6 is 0 Å². The summed E-state index contributed by atoms with van der Waals surface area (Å²) < 4.78 is 0. The molecule has 1 aliphatic rings. The molecule has 1 heterocycles. The molecule has 1 saturated carbocycles. The zero-order valence-corrected chi connectivity index (χ0v) is 11.0. The van der Waals surface area contributed by atoms with Crippen molar-refractivity contribution in [1.29, 1.82) is 0 Å². The number of carbonyl (C=O) groups excluding carboxylic acids is 1. The summed E-state index contributed by atoms with van der Waals surface area (Å²) in [7, 11) is 0. The van der Waals surface area contributed by atoms with Crippen LogP contribution in [0.4, 0.5) is 5.69 Å². The summed E-state index contributed by atoms with van der Waals surface area (Å²) in [5.74, 6) is 1.10. The van der Waals surface area contributed by atoms with E-state index in [1.165, 1.54) is 19.0 Å². The van der Waals surface area contributed by atoms with Crippen LogP contribution in [-0.4, -0.2) is 16.9 Å². The van der Waals surface area contributed by atoms with Crippen LogP contribution < -0.4 is 11.1 Å². The summed E-state index contributed by atoms with van der Waals surface area (Å²) in [6.45, 7) is 4.47. The first-order chi connectivity index (χ1) is 8.59. The zero-order valence-electron chi connectivity index (χ0n) is 11.0. The van der Waals surface area contributed by atoms with Gasteiger partial charge in [0.2, 0.25) is 0 Å². The lowest BCUT2D eigenvalue weighted by molar-refractivity contribution is 0.0892.